The Balaban J connectivity index is 3.30. The number of unbranched alkanes of at least 4 members (excludes halogenated alkanes) is 13. The molecule has 0 rings (SSSR count). The molecule has 0 aromatic carbocycles. The number of carbonyl (C=O) groups is 1. The van der Waals surface area contributed by atoms with E-state index in [0.717, 1.165) is 19.3 Å². The Morgan fingerprint density at radius 3 is 1.70 bits per heavy atom. The van der Waals surface area contributed by atoms with Crippen molar-refractivity contribution in [1.82, 2.24) is 0 Å². The topological polar surface area (TPSA) is 55.8 Å². The standard InChI is InChI=1S/C23H46O4/c1-3-5-7-8-9-10-11-12-13-14-15-16-17-19-26-21-22(20-24)27-23(25)18-6-4-2/h22,24H,3-21H2,1-2H3. The van der Waals surface area contributed by atoms with E-state index in [1.807, 2.05) is 6.92 Å². The first kappa shape index (κ1) is 26.4. The van der Waals surface area contributed by atoms with E-state index in [2.05, 4.69) is 6.92 Å². The number of aliphatic hydroxyl groups is 1. The number of hydrogen-bond donors (Lipinski definition) is 1. The number of hydrogen-bond acceptors (Lipinski definition) is 4. The highest BCUT2D eigenvalue weighted by Crippen LogP contribution is 2.12. The summed E-state index contributed by atoms with van der Waals surface area (Å²) in [7, 11) is 0. The molecule has 0 spiro atoms. The highest BCUT2D eigenvalue weighted by Gasteiger charge is 2.13. The number of rotatable bonds is 21. The maximum atomic E-state index is 11.5. The molecule has 0 saturated carbocycles. The van der Waals surface area contributed by atoms with Gasteiger partial charge in [-0.3, -0.25) is 4.79 Å². The summed E-state index contributed by atoms with van der Waals surface area (Å²) < 4.78 is 10.8. The third-order valence-corrected chi connectivity index (χ3v) is 4.93. The van der Waals surface area contributed by atoms with Gasteiger partial charge in [-0.15, -0.1) is 0 Å². The second-order valence-electron chi connectivity index (χ2n) is 7.72. The molecule has 0 aliphatic carbocycles. The molecule has 0 heterocycles. The van der Waals surface area contributed by atoms with Crippen molar-refractivity contribution in [2.75, 3.05) is 19.8 Å². The molecule has 0 saturated heterocycles. The fourth-order valence-corrected chi connectivity index (χ4v) is 3.13. The zero-order chi connectivity index (χ0) is 20.0. The van der Waals surface area contributed by atoms with Crippen LogP contribution in [0.4, 0.5) is 0 Å². The summed E-state index contributed by atoms with van der Waals surface area (Å²) in [5.74, 6) is -0.236. The van der Waals surface area contributed by atoms with Gasteiger partial charge in [-0.1, -0.05) is 97.3 Å². The van der Waals surface area contributed by atoms with Gasteiger partial charge < -0.3 is 14.6 Å². The Labute approximate surface area is 168 Å². The minimum Gasteiger partial charge on any atom is -0.457 e. The van der Waals surface area contributed by atoms with Gasteiger partial charge in [0.05, 0.1) is 13.2 Å². The molecule has 1 unspecified atom stereocenters. The van der Waals surface area contributed by atoms with E-state index in [0.29, 0.717) is 19.6 Å². The number of esters is 1. The number of ether oxygens (including phenoxy) is 2. The lowest BCUT2D eigenvalue weighted by atomic mass is 10.0. The summed E-state index contributed by atoms with van der Waals surface area (Å²) in [4.78, 5) is 11.5. The van der Waals surface area contributed by atoms with Gasteiger partial charge in [-0.25, -0.2) is 0 Å². The normalized spacial score (nSPS) is 12.3. The first-order valence-electron chi connectivity index (χ1n) is 11.6. The van der Waals surface area contributed by atoms with Crippen LogP contribution in [0.15, 0.2) is 0 Å². The van der Waals surface area contributed by atoms with Gasteiger partial charge in [0, 0.05) is 13.0 Å². The van der Waals surface area contributed by atoms with Crippen LogP contribution < -0.4 is 0 Å². The van der Waals surface area contributed by atoms with Crippen molar-refractivity contribution in [2.45, 2.75) is 123 Å². The van der Waals surface area contributed by atoms with E-state index in [4.69, 9.17) is 9.47 Å². The fraction of sp³-hybridized carbons (Fsp3) is 0.957. The maximum absolute atomic E-state index is 11.5. The summed E-state index contributed by atoms with van der Waals surface area (Å²) in [5.41, 5.74) is 0. The third-order valence-electron chi connectivity index (χ3n) is 4.93. The second kappa shape index (κ2) is 21.7. The summed E-state index contributed by atoms with van der Waals surface area (Å²) in [6.45, 7) is 5.11. The van der Waals surface area contributed by atoms with Gasteiger partial charge >= 0.3 is 5.97 Å². The van der Waals surface area contributed by atoms with E-state index in [1.165, 1.54) is 77.0 Å². The van der Waals surface area contributed by atoms with Crippen molar-refractivity contribution < 1.29 is 19.4 Å². The summed E-state index contributed by atoms with van der Waals surface area (Å²) in [6.07, 6.45) is 19.1. The fourth-order valence-electron chi connectivity index (χ4n) is 3.13. The molecule has 1 N–H and O–H groups in total. The molecule has 0 fully saturated rings. The monoisotopic (exact) mass is 386 g/mol. The average molecular weight is 387 g/mol. The molecule has 0 bridgehead atoms. The van der Waals surface area contributed by atoms with E-state index >= 15 is 0 Å². The minimum atomic E-state index is -0.517. The third kappa shape index (κ3) is 19.9. The number of carbonyl (C=O) groups excluding carboxylic acids is 1. The van der Waals surface area contributed by atoms with Gasteiger partial charge in [-0.2, -0.15) is 0 Å². The van der Waals surface area contributed by atoms with E-state index in [-0.39, 0.29) is 12.6 Å². The van der Waals surface area contributed by atoms with Crippen LogP contribution in [0.5, 0.6) is 0 Å². The lowest BCUT2D eigenvalue weighted by molar-refractivity contribution is -0.154. The first-order valence-corrected chi connectivity index (χ1v) is 11.6. The Morgan fingerprint density at radius 1 is 0.741 bits per heavy atom. The molecule has 0 aromatic heterocycles. The van der Waals surface area contributed by atoms with Crippen LogP contribution >= 0.6 is 0 Å². The minimum absolute atomic E-state index is 0.170. The van der Waals surface area contributed by atoms with Crippen molar-refractivity contribution >= 4 is 5.97 Å². The van der Waals surface area contributed by atoms with Crippen LogP contribution in [-0.2, 0) is 14.3 Å². The molecular formula is C23H46O4. The predicted molar refractivity (Wildman–Crippen MR) is 113 cm³/mol. The van der Waals surface area contributed by atoms with Crippen molar-refractivity contribution in [3.63, 3.8) is 0 Å². The summed E-state index contributed by atoms with van der Waals surface area (Å²) in [5, 5.41) is 9.26. The van der Waals surface area contributed by atoms with Crippen LogP contribution in [0.1, 0.15) is 117 Å². The predicted octanol–water partition coefficient (Wildman–Crippen LogP) is 6.19. The van der Waals surface area contributed by atoms with Gasteiger partial charge in [0.1, 0.15) is 6.10 Å². The molecule has 4 heteroatoms. The lowest BCUT2D eigenvalue weighted by Gasteiger charge is -2.15. The Kier molecular flexibility index (Phi) is 21.2. The molecule has 0 aliphatic heterocycles. The Bertz CT molecular complexity index is 307. The zero-order valence-electron chi connectivity index (χ0n) is 18.2. The van der Waals surface area contributed by atoms with Crippen LogP contribution in [-0.4, -0.2) is 37.0 Å². The molecule has 0 amide bonds. The van der Waals surface area contributed by atoms with Crippen molar-refractivity contribution in [3.8, 4) is 0 Å². The van der Waals surface area contributed by atoms with Crippen molar-refractivity contribution in [2.24, 2.45) is 0 Å². The van der Waals surface area contributed by atoms with Crippen LogP contribution in [0.3, 0.4) is 0 Å². The smallest absolute Gasteiger partial charge is 0.306 e. The van der Waals surface area contributed by atoms with Gasteiger partial charge in [0.25, 0.3) is 0 Å². The quantitative estimate of drug-likeness (QED) is 0.189. The molecular weight excluding hydrogens is 340 g/mol. The molecule has 162 valence electrons. The van der Waals surface area contributed by atoms with Crippen molar-refractivity contribution in [3.05, 3.63) is 0 Å². The maximum Gasteiger partial charge on any atom is 0.306 e. The molecule has 0 radical (unpaired) electrons. The van der Waals surface area contributed by atoms with Gasteiger partial charge in [0.2, 0.25) is 0 Å². The van der Waals surface area contributed by atoms with Crippen LogP contribution in [0, 0.1) is 0 Å². The molecule has 4 nitrogen and oxygen atoms in total. The highest BCUT2D eigenvalue weighted by molar-refractivity contribution is 5.69. The Hall–Kier alpha value is -0.610. The SMILES string of the molecule is CCCCCCCCCCCCCCCOCC(CO)OC(=O)CCCC. The molecule has 27 heavy (non-hydrogen) atoms. The van der Waals surface area contributed by atoms with E-state index in [1.54, 1.807) is 0 Å². The first-order chi connectivity index (χ1) is 13.2. The largest absolute Gasteiger partial charge is 0.457 e. The summed E-state index contributed by atoms with van der Waals surface area (Å²) >= 11 is 0. The summed E-state index contributed by atoms with van der Waals surface area (Å²) in [6, 6.07) is 0. The molecule has 0 aromatic rings. The van der Waals surface area contributed by atoms with Crippen LogP contribution in [0.2, 0.25) is 0 Å². The zero-order valence-corrected chi connectivity index (χ0v) is 18.2. The van der Waals surface area contributed by atoms with Crippen LogP contribution in [0.25, 0.3) is 0 Å². The van der Waals surface area contributed by atoms with E-state index in [9.17, 15) is 9.90 Å². The highest BCUT2D eigenvalue weighted by atomic mass is 16.6. The van der Waals surface area contributed by atoms with E-state index < -0.39 is 6.10 Å². The van der Waals surface area contributed by atoms with Gasteiger partial charge in [-0.05, 0) is 12.8 Å². The Morgan fingerprint density at radius 2 is 1.22 bits per heavy atom. The average Bonchev–Trinajstić information content (AvgIpc) is 2.68. The lowest BCUT2D eigenvalue weighted by Crippen LogP contribution is -2.27. The van der Waals surface area contributed by atoms with Gasteiger partial charge in [0.15, 0.2) is 0 Å². The number of aliphatic hydroxyl groups excluding tert-OH is 1. The molecule has 1 atom stereocenters. The second-order valence-corrected chi connectivity index (χ2v) is 7.72. The van der Waals surface area contributed by atoms with Crippen molar-refractivity contribution in [1.29, 1.82) is 0 Å². The molecule has 0 aliphatic rings.